The van der Waals surface area contributed by atoms with Gasteiger partial charge in [0.05, 0.1) is 36.7 Å². The van der Waals surface area contributed by atoms with Crippen LogP contribution < -0.4 is 9.64 Å². The van der Waals surface area contributed by atoms with Crippen LogP contribution in [-0.4, -0.2) is 87.8 Å². The van der Waals surface area contributed by atoms with E-state index in [0.29, 0.717) is 43.9 Å². The molecule has 3 aliphatic rings. The largest absolute Gasteiger partial charge is 0.494 e. The molecule has 9 heteroatoms. The molecule has 4 rings (SSSR count). The standard InChI is InChI=1S/C35H51N3O6/c1-10-20-36(24-14-16-25(17-15-24)43-13-4)30(40)27-28-31(41)38(26(22-39)23(5)6)29(32(42)37(21-11-2)33(7,8)9)35(28)19-18-34(27,12-3)44-35/h10-11,14-17,23,26-29,39H,1-2,12-13,18-22H2,3-9H3/t26-,27+,28-,29?,34-,35?/m0/s1. The maximum atomic E-state index is 14.8. The van der Waals surface area contributed by atoms with Crippen molar-refractivity contribution in [2.75, 3.05) is 31.2 Å². The van der Waals surface area contributed by atoms with E-state index in [1.165, 1.54) is 0 Å². The zero-order chi connectivity index (χ0) is 32.6. The summed E-state index contributed by atoms with van der Waals surface area (Å²) in [5.41, 5.74) is -2.00. The van der Waals surface area contributed by atoms with Gasteiger partial charge in [0.15, 0.2) is 0 Å². The van der Waals surface area contributed by atoms with Crippen LogP contribution in [0.15, 0.2) is 49.6 Å². The molecule has 1 aromatic rings. The van der Waals surface area contributed by atoms with E-state index in [9.17, 15) is 19.5 Å². The number of amides is 3. The van der Waals surface area contributed by atoms with Crippen LogP contribution in [0.25, 0.3) is 0 Å². The van der Waals surface area contributed by atoms with E-state index in [4.69, 9.17) is 9.47 Å². The number of likely N-dealkylation sites (tertiary alicyclic amines) is 1. The predicted octanol–water partition coefficient (Wildman–Crippen LogP) is 4.59. The number of hydrogen-bond acceptors (Lipinski definition) is 6. The Kier molecular flexibility index (Phi) is 9.71. The van der Waals surface area contributed by atoms with Crippen molar-refractivity contribution in [3.05, 3.63) is 49.6 Å². The van der Waals surface area contributed by atoms with Crippen molar-refractivity contribution in [2.24, 2.45) is 17.8 Å². The van der Waals surface area contributed by atoms with Gasteiger partial charge in [-0.05, 0) is 77.1 Å². The number of ether oxygens (including phenoxy) is 2. The maximum Gasteiger partial charge on any atom is 0.249 e. The van der Waals surface area contributed by atoms with E-state index < -0.39 is 40.7 Å². The van der Waals surface area contributed by atoms with Crippen LogP contribution in [-0.2, 0) is 19.1 Å². The van der Waals surface area contributed by atoms with Crippen LogP contribution in [0.2, 0.25) is 0 Å². The first-order valence-electron chi connectivity index (χ1n) is 16.0. The van der Waals surface area contributed by atoms with Gasteiger partial charge >= 0.3 is 0 Å². The normalized spacial score (nSPS) is 28.2. The van der Waals surface area contributed by atoms with Crippen LogP contribution in [0.5, 0.6) is 5.75 Å². The van der Waals surface area contributed by atoms with Crippen LogP contribution in [0, 0.1) is 17.8 Å². The molecule has 2 unspecified atom stereocenters. The van der Waals surface area contributed by atoms with Crippen LogP contribution in [0.1, 0.15) is 67.7 Å². The van der Waals surface area contributed by atoms with Gasteiger partial charge in [-0.2, -0.15) is 0 Å². The van der Waals surface area contributed by atoms with Gasteiger partial charge in [0.25, 0.3) is 0 Å². The second kappa shape index (κ2) is 12.7. The van der Waals surface area contributed by atoms with E-state index >= 15 is 0 Å². The zero-order valence-corrected chi connectivity index (χ0v) is 27.5. The fraction of sp³-hybridized carbons (Fsp3) is 0.629. The molecule has 3 amide bonds. The molecular formula is C35H51N3O6. The second-order valence-electron chi connectivity index (χ2n) is 13.6. The van der Waals surface area contributed by atoms with Gasteiger partial charge in [0, 0.05) is 24.3 Å². The minimum absolute atomic E-state index is 0.135. The van der Waals surface area contributed by atoms with Crippen molar-refractivity contribution >= 4 is 23.4 Å². The van der Waals surface area contributed by atoms with E-state index in [1.54, 1.807) is 26.9 Å². The second-order valence-corrected chi connectivity index (χ2v) is 13.6. The Balaban J connectivity index is 1.87. The molecule has 9 nitrogen and oxygen atoms in total. The lowest BCUT2D eigenvalue weighted by Gasteiger charge is -2.44. The number of carbonyl (C=O) groups is 3. The number of hydrogen-bond donors (Lipinski definition) is 1. The highest BCUT2D eigenvalue weighted by Crippen LogP contribution is 2.65. The molecule has 3 aliphatic heterocycles. The van der Waals surface area contributed by atoms with Crippen LogP contribution >= 0.6 is 0 Å². The molecule has 1 spiro atoms. The Morgan fingerprint density at radius 2 is 1.75 bits per heavy atom. The predicted molar refractivity (Wildman–Crippen MR) is 171 cm³/mol. The molecule has 0 saturated carbocycles. The smallest absolute Gasteiger partial charge is 0.249 e. The first-order chi connectivity index (χ1) is 20.8. The highest BCUT2D eigenvalue weighted by Gasteiger charge is 2.79. The number of nitrogens with zero attached hydrogens (tertiary/aromatic N) is 3. The van der Waals surface area contributed by atoms with Gasteiger partial charge in [-0.1, -0.05) is 32.9 Å². The average molecular weight is 610 g/mol. The van der Waals surface area contributed by atoms with Gasteiger partial charge in [0.2, 0.25) is 17.7 Å². The van der Waals surface area contributed by atoms with Crippen molar-refractivity contribution in [3.63, 3.8) is 0 Å². The lowest BCUT2D eigenvalue weighted by molar-refractivity contribution is -0.159. The lowest BCUT2D eigenvalue weighted by atomic mass is 9.64. The Hall–Kier alpha value is -3.17. The minimum atomic E-state index is -1.20. The molecule has 0 aliphatic carbocycles. The van der Waals surface area contributed by atoms with Gasteiger partial charge in [-0.3, -0.25) is 14.4 Å². The Morgan fingerprint density at radius 3 is 2.25 bits per heavy atom. The number of anilines is 1. The fourth-order valence-electron chi connectivity index (χ4n) is 7.77. The molecule has 242 valence electrons. The van der Waals surface area contributed by atoms with E-state index in [2.05, 4.69) is 13.2 Å². The van der Waals surface area contributed by atoms with Gasteiger partial charge in [0.1, 0.15) is 17.4 Å². The van der Waals surface area contributed by atoms with Gasteiger partial charge in [-0.25, -0.2) is 0 Å². The van der Waals surface area contributed by atoms with Crippen molar-refractivity contribution < 1.29 is 29.0 Å². The van der Waals surface area contributed by atoms with Crippen LogP contribution in [0.4, 0.5) is 5.69 Å². The lowest BCUT2D eigenvalue weighted by Crippen LogP contribution is -2.62. The minimum Gasteiger partial charge on any atom is -0.494 e. The molecule has 1 N–H and O–H groups in total. The summed E-state index contributed by atoms with van der Waals surface area (Å²) in [6, 6.07) is 5.71. The topological polar surface area (TPSA) is 99.6 Å². The molecule has 0 radical (unpaired) electrons. The number of rotatable bonds is 13. The summed E-state index contributed by atoms with van der Waals surface area (Å²) in [6.45, 7) is 22.1. The molecule has 1 aromatic carbocycles. The summed E-state index contributed by atoms with van der Waals surface area (Å²) in [7, 11) is 0. The Morgan fingerprint density at radius 1 is 1.11 bits per heavy atom. The third-order valence-corrected chi connectivity index (χ3v) is 9.86. The molecule has 3 heterocycles. The number of benzene rings is 1. The highest BCUT2D eigenvalue weighted by molar-refractivity contribution is 6.03. The number of aliphatic hydroxyl groups excluding tert-OH is 1. The average Bonchev–Trinajstić information content (AvgIpc) is 3.58. The third kappa shape index (κ3) is 5.36. The summed E-state index contributed by atoms with van der Waals surface area (Å²) >= 11 is 0. The molecular weight excluding hydrogens is 558 g/mol. The SMILES string of the molecule is C=CCN(C(=O)[C@H]1[C@H]2C(=O)N([C@@H](CO)C(C)C)C(C(=O)N(CC=C)C(C)(C)C)C23CC[C@]1(CC)O3)c1ccc(OCC)cc1. The van der Waals surface area contributed by atoms with Crippen molar-refractivity contribution in [1.29, 1.82) is 0 Å². The van der Waals surface area contributed by atoms with Crippen molar-refractivity contribution in [3.8, 4) is 5.75 Å². The van der Waals surface area contributed by atoms with E-state index in [0.717, 1.165) is 0 Å². The molecule has 44 heavy (non-hydrogen) atoms. The molecule has 2 bridgehead atoms. The van der Waals surface area contributed by atoms with Gasteiger partial charge < -0.3 is 29.3 Å². The third-order valence-electron chi connectivity index (χ3n) is 9.86. The van der Waals surface area contributed by atoms with Gasteiger partial charge in [-0.15, -0.1) is 13.2 Å². The number of aliphatic hydroxyl groups is 1. The van der Waals surface area contributed by atoms with Crippen LogP contribution in [0.3, 0.4) is 0 Å². The number of carbonyl (C=O) groups excluding carboxylic acids is 3. The Labute approximate surface area is 262 Å². The first-order valence-corrected chi connectivity index (χ1v) is 16.0. The summed E-state index contributed by atoms with van der Waals surface area (Å²) in [6.07, 6.45) is 4.89. The summed E-state index contributed by atoms with van der Waals surface area (Å²) in [4.78, 5) is 49.2. The summed E-state index contributed by atoms with van der Waals surface area (Å²) < 4.78 is 12.6. The zero-order valence-electron chi connectivity index (χ0n) is 27.5. The summed E-state index contributed by atoms with van der Waals surface area (Å²) in [5.74, 6) is -1.90. The fourth-order valence-corrected chi connectivity index (χ4v) is 7.77. The molecule has 6 atom stereocenters. The Bertz CT molecular complexity index is 1260. The maximum absolute atomic E-state index is 14.8. The summed E-state index contributed by atoms with van der Waals surface area (Å²) in [5, 5.41) is 10.6. The molecule has 3 fully saturated rings. The highest BCUT2D eigenvalue weighted by atomic mass is 16.5. The monoisotopic (exact) mass is 609 g/mol. The van der Waals surface area contributed by atoms with E-state index in [1.807, 2.05) is 72.7 Å². The number of fused-ring (bicyclic) bond motifs is 1. The molecule has 3 saturated heterocycles. The quantitative estimate of drug-likeness (QED) is 0.329. The van der Waals surface area contributed by atoms with E-state index in [-0.39, 0.29) is 36.8 Å². The van der Waals surface area contributed by atoms with Crippen molar-refractivity contribution in [2.45, 2.75) is 96.6 Å². The van der Waals surface area contributed by atoms with Crippen molar-refractivity contribution in [1.82, 2.24) is 9.80 Å². The molecule has 0 aromatic heterocycles. The first kappa shape index (κ1) is 33.7.